The molecule has 0 saturated carbocycles. The topological polar surface area (TPSA) is 96.0 Å². The number of rotatable bonds is 15. The Labute approximate surface area is 265 Å². The Morgan fingerprint density at radius 2 is 1.63 bits per heavy atom. The van der Waals surface area contributed by atoms with E-state index in [1.807, 2.05) is 44.2 Å². The third-order valence-corrected chi connectivity index (χ3v) is 9.05. The van der Waals surface area contributed by atoms with Crippen LogP contribution in [0.15, 0.2) is 72.8 Å². The second-order valence-corrected chi connectivity index (χ2v) is 13.2. The van der Waals surface area contributed by atoms with Crippen LogP contribution in [0.1, 0.15) is 44.2 Å². The minimum absolute atomic E-state index is 0.0192. The zero-order valence-corrected chi connectivity index (χ0v) is 27.3. The summed E-state index contributed by atoms with van der Waals surface area (Å²) in [5.41, 5.74) is 2.09. The Hall–Kier alpha value is -3.27. The van der Waals surface area contributed by atoms with Crippen molar-refractivity contribution in [3.05, 3.63) is 94.0 Å². The maximum absolute atomic E-state index is 13.9. The Morgan fingerprint density at radius 3 is 2.21 bits per heavy atom. The molecular weight excluding hydrogens is 609 g/mol. The van der Waals surface area contributed by atoms with Crippen LogP contribution in [-0.4, -0.2) is 57.1 Å². The van der Waals surface area contributed by atoms with E-state index in [4.69, 9.17) is 27.9 Å². The third-order valence-electron chi connectivity index (χ3n) is 7.12. The molecule has 0 spiro atoms. The highest BCUT2D eigenvalue weighted by atomic mass is 35.5. The van der Waals surface area contributed by atoms with E-state index in [1.54, 1.807) is 47.4 Å². The summed E-state index contributed by atoms with van der Waals surface area (Å²) in [5, 5.41) is 3.77. The van der Waals surface area contributed by atoms with Gasteiger partial charge in [0.1, 0.15) is 11.8 Å². The highest BCUT2D eigenvalue weighted by molar-refractivity contribution is 7.92. The highest BCUT2D eigenvalue weighted by Gasteiger charge is 2.31. The lowest BCUT2D eigenvalue weighted by Gasteiger charge is -2.33. The number of nitrogens with zero attached hydrogens (tertiary/aromatic N) is 2. The fraction of sp³-hybridized carbons (Fsp3) is 0.375. The maximum atomic E-state index is 13.9. The molecule has 2 atom stereocenters. The predicted octanol–water partition coefficient (Wildman–Crippen LogP) is 6.10. The molecule has 0 aliphatic heterocycles. The van der Waals surface area contributed by atoms with E-state index in [1.165, 1.54) is 11.4 Å². The number of benzene rings is 3. The molecule has 0 aliphatic rings. The molecule has 0 saturated heterocycles. The van der Waals surface area contributed by atoms with Crippen molar-refractivity contribution < 1.29 is 22.7 Å². The molecule has 11 heteroatoms. The molecular formula is C32H39Cl2N3O5S. The molecule has 0 bridgehead atoms. The molecule has 3 aromatic carbocycles. The molecule has 0 aromatic heterocycles. The van der Waals surface area contributed by atoms with Crippen molar-refractivity contribution in [1.29, 1.82) is 0 Å². The molecule has 232 valence electrons. The molecule has 8 nitrogen and oxygen atoms in total. The SMILES string of the molecule is CC[C@@H](C)NC(=O)[C@H](Cc1ccccc1)N(Cc1ccc(Cl)c(Cl)c1)C(=O)CCCN(c1ccc(OC)cc1)S(C)(=O)=O. The fourth-order valence-corrected chi connectivity index (χ4v) is 5.87. The highest BCUT2D eigenvalue weighted by Crippen LogP contribution is 2.26. The lowest BCUT2D eigenvalue weighted by Crippen LogP contribution is -2.52. The molecule has 0 heterocycles. The molecule has 3 rings (SSSR count). The minimum Gasteiger partial charge on any atom is -0.497 e. The summed E-state index contributed by atoms with van der Waals surface area (Å²) in [6.45, 7) is 4.10. The van der Waals surface area contributed by atoms with Gasteiger partial charge in [-0.25, -0.2) is 8.42 Å². The third kappa shape index (κ3) is 10.2. The van der Waals surface area contributed by atoms with Crippen LogP contribution in [0.25, 0.3) is 0 Å². The zero-order chi connectivity index (χ0) is 31.6. The predicted molar refractivity (Wildman–Crippen MR) is 173 cm³/mol. The van der Waals surface area contributed by atoms with Crippen LogP contribution in [0, 0.1) is 0 Å². The molecule has 43 heavy (non-hydrogen) atoms. The van der Waals surface area contributed by atoms with Gasteiger partial charge in [0.15, 0.2) is 0 Å². The summed E-state index contributed by atoms with van der Waals surface area (Å²) in [6.07, 6.45) is 2.42. The van der Waals surface area contributed by atoms with Gasteiger partial charge in [0.2, 0.25) is 21.8 Å². The lowest BCUT2D eigenvalue weighted by molar-refractivity contribution is -0.141. The molecule has 1 N–H and O–H groups in total. The number of ether oxygens (including phenoxy) is 1. The van der Waals surface area contributed by atoms with Crippen molar-refractivity contribution in [2.75, 3.05) is 24.2 Å². The van der Waals surface area contributed by atoms with E-state index in [2.05, 4.69) is 5.32 Å². The summed E-state index contributed by atoms with van der Waals surface area (Å²) < 4.78 is 31.8. The average molecular weight is 649 g/mol. The summed E-state index contributed by atoms with van der Waals surface area (Å²) in [5.74, 6) is 0.0579. The van der Waals surface area contributed by atoms with E-state index in [0.29, 0.717) is 33.5 Å². The van der Waals surface area contributed by atoms with Crippen molar-refractivity contribution in [2.45, 2.75) is 58.2 Å². The maximum Gasteiger partial charge on any atom is 0.243 e. The number of carbonyl (C=O) groups is 2. The fourth-order valence-electron chi connectivity index (χ4n) is 4.58. The van der Waals surface area contributed by atoms with Gasteiger partial charge in [0.05, 0.1) is 29.1 Å². The monoisotopic (exact) mass is 647 g/mol. The lowest BCUT2D eigenvalue weighted by atomic mass is 10.0. The van der Waals surface area contributed by atoms with Gasteiger partial charge in [0, 0.05) is 32.0 Å². The van der Waals surface area contributed by atoms with Crippen LogP contribution >= 0.6 is 23.2 Å². The smallest absolute Gasteiger partial charge is 0.243 e. The molecule has 0 radical (unpaired) electrons. The molecule has 0 fully saturated rings. The van der Waals surface area contributed by atoms with Gasteiger partial charge in [-0.2, -0.15) is 0 Å². The number of hydrogen-bond donors (Lipinski definition) is 1. The first-order valence-corrected chi connectivity index (χ1v) is 16.7. The zero-order valence-electron chi connectivity index (χ0n) is 24.9. The van der Waals surface area contributed by atoms with Crippen molar-refractivity contribution in [2.24, 2.45) is 0 Å². The number of amides is 2. The van der Waals surface area contributed by atoms with Gasteiger partial charge >= 0.3 is 0 Å². The number of nitrogens with one attached hydrogen (secondary N) is 1. The van der Waals surface area contributed by atoms with Gasteiger partial charge in [-0.15, -0.1) is 0 Å². The summed E-state index contributed by atoms with van der Waals surface area (Å²) in [6, 6.07) is 20.4. The Bertz CT molecular complexity index is 1470. The first kappa shape index (κ1) is 34.2. The Kier molecular flexibility index (Phi) is 12.7. The van der Waals surface area contributed by atoms with Gasteiger partial charge in [-0.05, 0) is 67.3 Å². The number of methoxy groups -OCH3 is 1. The number of hydrogen-bond acceptors (Lipinski definition) is 5. The van der Waals surface area contributed by atoms with E-state index < -0.39 is 16.1 Å². The summed E-state index contributed by atoms with van der Waals surface area (Å²) >= 11 is 12.4. The van der Waals surface area contributed by atoms with Crippen LogP contribution in [0.4, 0.5) is 5.69 Å². The molecule has 0 unspecified atom stereocenters. The van der Waals surface area contributed by atoms with Crippen LogP contribution in [0.3, 0.4) is 0 Å². The number of carbonyl (C=O) groups excluding carboxylic acids is 2. The van der Waals surface area contributed by atoms with Crippen LogP contribution in [-0.2, 0) is 32.6 Å². The number of sulfonamides is 1. The second-order valence-electron chi connectivity index (χ2n) is 10.4. The first-order valence-electron chi connectivity index (χ1n) is 14.1. The van der Waals surface area contributed by atoms with Crippen LogP contribution in [0.2, 0.25) is 10.0 Å². The Morgan fingerprint density at radius 1 is 0.953 bits per heavy atom. The molecule has 2 amide bonds. The van der Waals surface area contributed by atoms with Crippen LogP contribution in [0.5, 0.6) is 5.75 Å². The first-order chi connectivity index (χ1) is 20.4. The van der Waals surface area contributed by atoms with Gasteiger partial charge < -0.3 is 15.0 Å². The van der Waals surface area contributed by atoms with E-state index in [9.17, 15) is 18.0 Å². The molecule has 0 aliphatic carbocycles. The standard InChI is InChI=1S/C32H39Cl2N3O5S/c1-5-23(2)35-32(39)30(21-24-10-7-6-8-11-24)36(22-25-13-18-28(33)29(34)20-25)31(38)12-9-19-37(43(4,40)41)26-14-16-27(42-3)17-15-26/h6-8,10-11,13-18,20,23,30H,5,9,12,19,21-22H2,1-4H3,(H,35,39)/t23-,30+/m1/s1. The normalized spacial score (nSPS) is 12.7. The average Bonchev–Trinajstić information content (AvgIpc) is 2.98. The van der Waals surface area contributed by atoms with Crippen molar-refractivity contribution >= 4 is 50.7 Å². The van der Waals surface area contributed by atoms with E-state index in [0.717, 1.165) is 18.2 Å². The van der Waals surface area contributed by atoms with Crippen molar-refractivity contribution in [3.63, 3.8) is 0 Å². The van der Waals surface area contributed by atoms with Gasteiger partial charge in [-0.1, -0.05) is 66.5 Å². The van der Waals surface area contributed by atoms with E-state index >= 15 is 0 Å². The van der Waals surface area contributed by atoms with Gasteiger partial charge in [-0.3, -0.25) is 13.9 Å². The Balaban J connectivity index is 1.90. The van der Waals surface area contributed by atoms with Crippen molar-refractivity contribution in [1.82, 2.24) is 10.2 Å². The summed E-state index contributed by atoms with van der Waals surface area (Å²) in [4.78, 5) is 29.2. The van der Waals surface area contributed by atoms with Gasteiger partial charge in [0.25, 0.3) is 0 Å². The van der Waals surface area contributed by atoms with Crippen molar-refractivity contribution in [3.8, 4) is 5.75 Å². The molecule has 3 aromatic rings. The number of anilines is 1. The van der Waals surface area contributed by atoms with Crippen LogP contribution < -0.4 is 14.4 Å². The summed E-state index contributed by atoms with van der Waals surface area (Å²) in [7, 11) is -2.09. The number of halogens is 2. The second kappa shape index (κ2) is 16.0. The minimum atomic E-state index is -3.62. The van der Waals surface area contributed by atoms with E-state index in [-0.39, 0.29) is 43.8 Å². The largest absolute Gasteiger partial charge is 0.497 e. The quantitative estimate of drug-likeness (QED) is 0.215.